The molecule has 19 heavy (non-hydrogen) atoms. The maximum absolute atomic E-state index is 12.7. The summed E-state index contributed by atoms with van der Waals surface area (Å²) < 4.78 is 0. The van der Waals surface area contributed by atoms with Gasteiger partial charge >= 0.3 is 0 Å². The van der Waals surface area contributed by atoms with Gasteiger partial charge in [0.15, 0.2) is 0 Å². The molecule has 0 spiro atoms. The van der Waals surface area contributed by atoms with Crippen LogP contribution < -0.4 is 10.6 Å². The van der Waals surface area contributed by atoms with Gasteiger partial charge in [-0.05, 0) is 45.5 Å². The fraction of sp³-hybridized carbons (Fsp3) is 0.533. The Balaban J connectivity index is 2.33. The lowest BCUT2D eigenvalue weighted by Crippen LogP contribution is -2.60. The molecule has 1 saturated heterocycles. The molecule has 1 fully saturated rings. The van der Waals surface area contributed by atoms with Crippen LogP contribution in [0.15, 0.2) is 24.3 Å². The molecule has 0 saturated carbocycles. The molecule has 4 heteroatoms. The Hall–Kier alpha value is -1.39. The largest absolute Gasteiger partial charge is 0.330 e. The second-order valence-corrected chi connectivity index (χ2v) is 5.38. The number of amides is 1. The first kappa shape index (κ1) is 14.0. The van der Waals surface area contributed by atoms with Crippen LogP contribution in [0, 0.1) is 6.92 Å². The van der Waals surface area contributed by atoms with E-state index in [0.717, 1.165) is 17.8 Å². The molecule has 1 aromatic rings. The minimum absolute atomic E-state index is 0.0965. The lowest BCUT2D eigenvalue weighted by molar-refractivity contribution is -0.126. The average Bonchev–Trinajstić information content (AvgIpc) is 2.36. The zero-order valence-corrected chi connectivity index (χ0v) is 12.0. The second kappa shape index (κ2) is 5.72. The van der Waals surface area contributed by atoms with Gasteiger partial charge in [0, 0.05) is 18.3 Å². The molecule has 1 amide bonds. The van der Waals surface area contributed by atoms with Crippen molar-refractivity contribution >= 4 is 11.6 Å². The first-order valence-corrected chi connectivity index (χ1v) is 6.85. The highest BCUT2D eigenvalue weighted by Crippen LogP contribution is 2.27. The highest BCUT2D eigenvalue weighted by molar-refractivity contribution is 5.99. The number of aryl methyl sites for hydroxylation is 1. The van der Waals surface area contributed by atoms with Crippen molar-refractivity contribution in [2.75, 3.05) is 25.0 Å². The number of piperazine rings is 1. The van der Waals surface area contributed by atoms with Crippen LogP contribution in [0.1, 0.15) is 18.9 Å². The average molecular weight is 261 g/mol. The summed E-state index contributed by atoms with van der Waals surface area (Å²) in [7, 11) is 2.00. The molecule has 0 radical (unpaired) electrons. The number of anilines is 1. The van der Waals surface area contributed by atoms with Crippen LogP contribution in [-0.2, 0) is 4.79 Å². The molecule has 1 aliphatic rings. The highest BCUT2D eigenvalue weighted by Gasteiger charge is 2.37. The number of hydrogen-bond donors (Lipinski definition) is 1. The molecule has 1 heterocycles. The molecule has 2 rings (SSSR count). The van der Waals surface area contributed by atoms with Crippen LogP contribution in [0.25, 0.3) is 0 Å². The summed E-state index contributed by atoms with van der Waals surface area (Å²) >= 11 is 0. The Morgan fingerprint density at radius 1 is 1.37 bits per heavy atom. The van der Waals surface area contributed by atoms with Gasteiger partial charge in [0.05, 0.1) is 6.04 Å². The Labute approximate surface area is 115 Å². The Kier molecular flexibility index (Phi) is 4.22. The van der Waals surface area contributed by atoms with Crippen LogP contribution >= 0.6 is 0 Å². The van der Waals surface area contributed by atoms with Crippen molar-refractivity contribution in [3.63, 3.8) is 0 Å². The smallest absolute Gasteiger partial charge is 0.244 e. The van der Waals surface area contributed by atoms with E-state index in [2.05, 4.69) is 11.8 Å². The fourth-order valence-electron chi connectivity index (χ4n) is 2.88. The van der Waals surface area contributed by atoms with E-state index in [-0.39, 0.29) is 18.0 Å². The van der Waals surface area contributed by atoms with Gasteiger partial charge < -0.3 is 10.6 Å². The minimum Gasteiger partial charge on any atom is -0.330 e. The van der Waals surface area contributed by atoms with Crippen molar-refractivity contribution in [2.45, 2.75) is 32.4 Å². The molecule has 2 N–H and O–H groups in total. The zero-order valence-electron chi connectivity index (χ0n) is 12.0. The van der Waals surface area contributed by atoms with Crippen LogP contribution in [0.3, 0.4) is 0 Å². The van der Waals surface area contributed by atoms with E-state index >= 15 is 0 Å². The van der Waals surface area contributed by atoms with Crippen LogP contribution in [0.5, 0.6) is 0 Å². The maximum Gasteiger partial charge on any atom is 0.244 e. The van der Waals surface area contributed by atoms with Crippen molar-refractivity contribution in [1.82, 2.24) is 4.90 Å². The predicted molar refractivity (Wildman–Crippen MR) is 78.2 cm³/mol. The SMILES string of the molecule is Cc1ccccc1N1C(=O)C(CCN)N(C)CC1C. The molecular formula is C15H23N3O. The van der Waals surface area contributed by atoms with Gasteiger partial charge in [-0.15, -0.1) is 0 Å². The predicted octanol–water partition coefficient (Wildman–Crippen LogP) is 1.38. The number of likely N-dealkylation sites (N-methyl/N-ethyl adjacent to an activating group) is 1. The third-order valence-electron chi connectivity index (χ3n) is 3.86. The van der Waals surface area contributed by atoms with Crippen LogP contribution in [0.2, 0.25) is 0 Å². The molecular weight excluding hydrogens is 238 g/mol. The van der Waals surface area contributed by atoms with Crippen molar-refractivity contribution in [3.05, 3.63) is 29.8 Å². The molecule has 0 aliphatic carbocycles. The van der Waals surface area contributed by atoms with Crippen molar-refractivity contribution in [1.29, 1.82) is 0 Å². The van der Waals surface area contributed by atoms with E-state index in [1.165, 1.54) is 0 Å². The van der Waals surface area contributed by atoms with E-state index in [1.807, 2.05) is 43.1 Å². The summed E-state index contributed by atoms with van der Waals surface area (Å²) in [6, 6.07) is 8.15. The van der Waals surface area contributed by atoms with Gasteiger partial charge in [0.2, 0.25) is 5.91 Å². The third kappa shape index (κ3) is 2.65. The minimum atomic E-state index is -0.0965. The second-order valence-electron chi connectivity index (χ2n) is 5.38. The number of carbonyl (C=O) groups excluding carboxylic acids is 1. The van der Waals surface area contributed by atoms with E-state index in [1.54, 1.807) is 0 Å². The Morgan fingerprint density at radius 2 is 2.05 bits per heavy atom. The summed E-state index contributed by atoms with van der Waals surface area (Å²) in [6.45, 7) is 5.56. The zero-order chi connectivity index (χ0) is 14.0. The van der Waals surface area contributed by atoms with Gasteiger partial charge in [0.25, 0.3) is 0 Å². The van der Waals surface area contributed by atoms with E-state index in [4.69, 9.17) is 5.73 Å². The van der Waals surface area contributed by atoms with Gasteiger partial charge in [-0.25, -0.2) is 0 Å². The van der Waals surface area contributed by atoms with Crippen LogP contribution in [0.4, 0.5) is 5.69 Å². The number of benzene rings is 1. The summed E-state index contributed by atoms with van der Waals surface area (Å²) in [4.78, 5) is 16.8. The quantitative estimate of drug-likeness (QED) is 0.894. The summed E-state index contributed by atoms with van der Waals surface area (Å²) in [5.74, 6) is 0.168. The Bertz CT molecular complexity index is 460. The van der Waals surface area contributed by atoms with Gasteiger partial charge in [-0.1, -0.05) is 18.2 Å². The van der Waals surface area contributed by atoms with Gasteiger partial charge in [0.1, 0.15) is 0 Å². The molecule has 2 atom stereocenters. The van der Waals surface area contributed by atoms with Crippen molar-refractivity contribution in [3.8, 4) is 0 Å². The monoisotopic (exact) mass is 261 g/mol. The molecule has 1 aliphatic heterocycles. The summed E-state index contributed by atoms with van der Waals surface area (Å²) in [5, 5.41) is 0. The topological polar surface area (TPSA) is 49.6 Å². The van der Waals surface area contributed by atoms with E-state index < -0.39 is 0 Å². The maximum atomic E-state index is 12.7. The number of carbonyl (C=O) groups is 1. The molecule has 0 aromatic heterocycles. The molecule has 4 nitrogen and oxygen atoms in total. The molecule has 104 valence electrons. The van der Waals surface area contributed by atoms with E-state index in [9.17, 15) is 4.79 Å². The fourth-order valence-corrected chi connectivity index (χ4v) is 2.88. The number of hydrogen-bond acceptors (Lipinski definition) is 3. The first-order chi connectivity index (χ1) is 9.06. The van der Waals surface area contributed by atoms with Crippen LogP contribution in [-0.4, -0.2) is 43.0 Å². The number of rotatable bonds is 3. The van der Waals surface area contributed by atoms with Gasteiger partial charge in [-0.3, -0.25) is 9.69 Å². The standard InChI is InChI=1S/C15H23N3O/c1-11-6-4-5-7-13(11)18-12(2)10-17(3)14(8-9-16)15(18)19/h4-7,12,14H,8-10,16H2,1-3H3. The number of para-hydroxylation sites is 1. The lowest BCUT2D eigenvalue weighted by atomic mass is 10.0. The van der Waals surface area contributed by atoms with Crippen molar-refractivity contribution in [2.24, 2.45) is 5.73 Å². The molecule has 2 unspecified atom stereocenters. The first-order valence-electron chi connectivity index (χ1n) is 6.85. The highest BCUT2D eigenvalue weighted by atomic mass is 16.2. The van der Waals surface area contributed by atoms with E-state index in [0.29, 0.717) is 13.0 Å². The lowest BCUT2D eigenvalue weighted by Gasteiger charge is -2.43. The molecule has 1 aromatic carbocycles. The normalized spacial score (nSPS) is 24.8. The number of nitrogens with two attached hydrogens (primary N) is 1. The number of nitrogens with zero attached hydrogens (tertiary/aromatic N) is 2. The summed E-state index contributed by atoms with van der Waals surface area (Å²) in [5.41, 5.74) is 7.80. The molecule has 0 bridgehead atoms. The van der Waals surface area contributed by atoms with Crippen molar-refractivity contribution < 1.29 is 4.79 Å². The third-order valence-corrected chi connectivity index (χ3v) is 3.86. The Morgan fingerprint density at radius 3 is 2.68 bits per heavy atom. The summed E-state index contributed by atoms with van der Waals surface area (Å²) in [6.07, 6.45) is 0.713. The van der Waals surface area contributed by atoms with Gasteiger partial charge in [-0.2, -0.15) is 0 Å².